The van der Waals surface area contributed by atoms with Gasteiger partial charge in [0.2, 0.25) is 0 Å². The second-order valence-corrected chi connectivity index (χ2v) is 4.05. The topological polar surface area (TPSA) is 80.9 Å². The number of hydrogen-bond acceptors (Lipinski definition) is 4. The second-order valence-electron chi connectivity index (χ2n) is 4.05. The first-order valence-electron chi connectivity index (χ1n) is 5.68. The van der Waals surface area contributed by atoms with Gasteiger partial charge in [0.25, 0.3) is 5.82 Å². The first-order valence-corrected chi connectivity index (χ1v) is 5.68. The zero-order chi connectivity index (χ0) is 13.4. The zero-order valence-electron chi connectivity index (χ0n) is 10.1. The molecule has 94 valence electrons. The Kier molecular flexibility index (Phi) is 2.49. The molecule has 0 aliphatic rings. The van der Waals surface area contributed by atoms with Crippen LogP contribution in [-0.4, -0.2) is 30.8 Å². The van der Waals surface area contributed by atoms with Gasteiger partial charge in [0.1, 0.15) is 5.82 Å². The smallest absolute Gasteiger partial charge is 0.375 e. The summed E-state index contributed by atoms with van der Waals surface area (Å²) in [6, 6.07) is 9.35. The van der Waals surface area contributed by atoms with Gasteiger partial charge in [-0.15, -0.1) is 5.10 Å². The fourth-order valence-electron chi connectivity index (χ4n) is 1.98. The van der Waals surface area contributed by atoms with Crippen LogP contribution < -0.4 is 0 Å². The lowest BCUT2D eigenvalue weighted by atomic mass is 10.2. The molecule has 19 heavy (non-hydrogen) atoms. The molecular formula is C13H10N4O2. The molecule has 0 aliphatic carbocycles. The van der Waals surface area contributed by atoms with Crippen molar-refractivity contribution < 1.29 is 9.90 Å². The molecule has 2 heterocycles. The second kappa shape index (κ2) is 4.16. The third kappa shape index (κ3) is 1.83. The summed E-state index contributed by atoms with van der Waals surface area (Å²) in [5.41, 5.74) is 1.59. The minimum absolute atomic E-state index is 0.210. The molecule has 3 aromatic rings. The monoisotopic (exact) mass is 254 g/mol. The average Bonchev–Trinajstić information content (AvgIpc) is 2.80. The van der Waals surface area contributed by atoms with Crippen LogP contribution >= 0.6 is 0 Å². The van der Waals surface area contributed by atoms with Gasteiger partial charge in [-0.2, -0.15) is 0 Å². The van der Waals surface area contributed by atoms with Crippen LogP contribution in [0.2, 0.25) is 0 Å². The highest BCUT2D eigenvalue weighted by Gasteiger charge is 2.15. The molecule has 0 amide bonds. The summed E-state index contributed by atoms with van der Waals surface area (Å²) in [5.74, 6) is -0.827. The first kappa shape index (κ1) is 11.3. The van der Waals surface area contributed by atoms with E-state index in [1.807, 2.05) is 30.3 Å². The van der Waals surface area contributed by atoms with Crippen molar-refractivity contribution in [3.63, 3.8) is 0 Å². The van der Waals surface area contributed by atoms with Gasteiger partial charge in [0, 0.05) is 11.6 Å². The number of carboxylic acids is 1. The molecule has 6 heteroatoms. The highest BCUT2D eigenvalue weighted by atomic mass is 16.4. The number of carbonyl (C=O) groups is 1. The van der Waals surface area contributed by atoms with Crippen molar-refractivity contribution in [2.75, 3.05) is 0 Å². The van der Waals surface area contributed by atoms with Gasteiger partial charge in [-0.05, 0) is 31.2 Å². The van der Waals surface area contributed by atoms with E-state index in [-0.39, 0.29) is 5.82 Å². The van der Waals surface area contributed by atoms with Crippen molar-refractivity contribution in [2.24, 2.45) is 0 Å². The number of benzene rings is 1. The van der Waals surface area contributed by atoms with E-state index in [1.165, 1.54) is 4.68 Å². The van der Waals surface area contributed by atoms with E-state index in [4.69, 9.17) is 5.11 Å². The van der Waals surface area contributed by atoms with E-state index in [1.54, 1.807) is 13.1 Å². The predicted molar refractivity (Wildman–Crippen MR) is 68.4 cm³/mol. The largest absolute Gasteiger partial charge is 0.475 e. The summed E-state index contributed by atoms with van der Waals surface area (Å²) in [5, 5.41) is 13.8. The molecule has 0 unspecified atom stereocenters. The predicted octanol–water partition coefficient (Wildman–Crippen LogP) is 1.82. The van der Waals surface area contributed by atoms with Crippen molar-refractivity contribution in [3.8, 4) is 5.69 Å². The van der Waals surface area contributed by atoms with Gasteiger partial charge in [-0.3, -0.25) is 4.98 Å². The maximum absolute atomic E-state index is 10.9. The van der Waals surface area contributed by atoms with Crippen LogP contribution in [0, 0.1) is 6.92 Å². The van der Waals surface area contributed by atoms with E-state index < -0.39 is 5.97 Å². The Hall–Kier alpha value is -2.76. The maximum Gasteiger partial charge on any atom is 0.375 e. The highest BCUT2D eigenvalue weighted by molar-refractivity contribution is 5.87. The Morgan fingerprint density at radius 2 is 2.11 bits per heavy atom. The fourth-order valence-corrected chi connectivity index (χ4v) is 1.98. The standard InChI is InChI=1S/C13H10N4O2/c1-8-15-12(13(18)19)16-17(8)11-6-2-5-10-9(11)4-3-7-14-10/h2-7H,1H3,(H,18,19). The number of carboxylic acid groups (broad SMARTS) is 1. The van der Waals surface area contributed by atoms with E-state index in [9.17, 15) is 4.79 Å². The lowest BCUT2D eigenvalue weighted by Gasteiger charge is -2.06. The van der Waals surface area contributed by atoms with Crippen molar-refractivity contribution in [1.29, 1.82) is 0 Å². The van der Waals surface area contributed by atoms with Crippen LogP contribution in [0.25, 0.3) is 16.6 Å². The van der Waals surface area contributed by atoms with Gasteiger partial charge >= 0.3 is 5.97 Å². The van der Waals surface area contributed by atoms with Gasteiger partial charge in [0.15, 0.2) is 0 Å². The van der Waals surface area contributed by atoms with Crippen LogP contribution in [0.4, 0.5) is 0 Å². The summed E-state index contributed by atoms with van der Waals surface area (Å²) in [4.78, 5) is 19.1. The normalized spacial score (nSPS) is 10.8. The summed E-state index contributed by atoms with van der Waals surface area (Å²) >= 11 is 0. The van der Waals surface area contributed by atoms with Crippen LogP contribution in [-0.2, 0) is 0 Å². The molecule has 0 atom stereocenters. The molecular weight excluding hydrogens is 244 g/mol. The number of aromatic nitrogens is 4. The lowest BCUT2D eigenvalue weighted by molar-refractivity contribution is 0.0683. The Morgan fingerprint density at radius 3 is 2.84 bits per heavy atom. The minimum atomic E-state index is -1.14. The molecule has 3 rings (SSSR count). The highest BCUT2D eigenvalue weighted by Crippen LogP contribution is 2.20. The van der Waals surface area contributed by atoms with Gasteiger partial charge in [0.05, 0.1) is 11.2 Å². The van der Waals surface area contributed by atoms with Crippen LogP contribution in [0.1, 0.15) is 16.4 Å². The summed E-state index contributed by atoms with van der Waals surface area (Å²) in [6.07, 6.45) is 1.71. The number of aromatic carboxylic acids is 1. The number of hydrogen-bond donors (Lipinski definition) is 1. The third-order valence-corrected chi connectivity index (χ3v) is 2.81. The molecule has 0 aliphatic heterocycles. The van der Waals surface area contributed by atoms with Crippen molar-refractivity contribution in [2.45, 2.75) is 6.92 Å². The number of rotatable bonds is 2. The fraction of sp³-hybridized carbons (Fsp3) is 0.0769. The molecule has 1 aromatic carbocycles. The number of fused-ring (bicyclic) bond motifs is 1. The molecule has 6 nitrogen and oxygen atoms in total. The van der Waals surface area contributed by atoms with E-state index in [0.29, 0.717) is 5.82 Å². The van der Waals surface area contributed by atoms with Gasteiger partial charge in [-0.25, -0.2) is 14.5 Å². The Labute approximate surface area is 108 Å². The van der Waals surface area contributed by atoms with Gasteiger partial charge in [-0.1, -0.05) is 6.07 Å². The van der Waals surface area contributed by atoms with Gasteiger partial charge < -0.3 is 5.11 Å². The van der Waals surface area contributed by atoms with Crippen LogP contribution in [0.5, 0.6) is 0 Å². The quantitative estimate of drug-likeness (QED) is 0.754. The molecule has 0 saturated heterocycles. The first-order chi connectivity index (χ1) is 9.16. The van der Waals surface area contributed by atoms with Crippen molar-refractivity contribution >= 4 is 16.9 Å². The lowest BCUT2D eigenvalue weighted by Crippen LogP contribution is -2.03. The zero-order valence-corrected chi connectivity index (χ0v) is 10.1. The van der Waals surface area contributed by atoms with Crippen LogP contribution in [0.15, 0.2) is 36.5 Å². The maximum atomic E-state index is 10.9. The van der Waals surface area contributed by atoms with Crippen molar-refractivity contribution in [1.82, 2.24) is 19.7 Å². The average molecular weight is 254 g/mol. The molecule has 0 saturated carbocycles. The Morgan fingerprint density at radius 1 is 1.26 bits per heavy atom. The van der Waals surface area contributed by atoms with E-state index in [0.717, 1.165) is 16.6 Å². The number of nitrogens with zero attached hydrogens (tertiary/aromatic N) is 4. The van der Waals surface area contributed by atoms with Crippen LogP contribution in [0.3, 0.4) is 0 Å². The van der Waals surface area contributed by atoms with Crippen molar-refractivity contribution in [3.05, 3.63) is 48.2 Å². The SMILES string of the molecule is Cc1nc(C(=O)O)nn1-c1cccc2ncccc12. The molecule has 0 fully saturated rings. The Bertz CT molecular complexity index is 774. The molecule has 2 aromatic heterocycles. The molecule has 0 spiro atoms. The minimum Gasteiger partial charge on any atom is -0.475 e. The summed E-state index contributed by atoms with van der Waals surface area (Å²) in [7, 11) is 0. The Balaban J connectivity index is 2.27. The molecule has 0 bridgehead atoms. The third-order valence-electron chi connectivity index (χ3n) is 2.81. The van der Waals surface area contributed by atoms with E-state index >= 15 is 0 Å². The summed E-state index contributed by atoms with van der Waals surface area (Å²) < 4.78 is 1.52. The summed E-state index contributed by atoms with van der Waals surface area (Å²) in [6.45, 7) is 1.72. The molecule has 0 radical (unpaired) electrons. The molecule has 1 N–H and O–H groups in total. The number of aryl methyl sites for hydroxylation is 1. The number of pyridine rings is 1. The van der Waals surface area contributed by atoms with E-state index in [2.05, 4.69) is 15.1 Å².